The average molecular weight is 480 g/mol. The highest BCUT2D eigenvalue weighted by atomic mass is 35.5. The van der Waals surface area contributed by atoms with Gasteiger partial charge in [-0.15, -0.1) is 0 Å². The minimum atomic E-state index is -3.80. The molecule has 0 aliphatic carbocycles. The van der Waals surface area contributed by atoms with Gasteiger partial charge in [0.15, 0.2) is 0 Å². The fourth-order valence-corrected chi connectivity index (χ4v) is 5.37. The van der Waals surface area contributed by atoms with E-state index in [9.17, 15) is 18.0 Å². The van der Waals surface area contributed by atoms with Crippen molar-refractivity contribution in [2.75, 3.05) is 30.3 Å². The van der Waals surface area contributed by atoms with Crippen LogP contribution < -0.4 is 15.4 Å². The van der Waals surface area contributed by atoms with Crippen LogP contribution in [0.4, 0.5) is 11.4 Å². The van der Waals surface area contributed by atoms with E-state index < -0.39 is 15.9 Å². The largest absolute Gasteiger partial charge is 0.492 e. The van der Waals surface area contributed by atoms with E-state index in [1.165, 1.54) is 29.4 Å². The topological polar surface area (TPSA) is 105 Å². The van der Waals surface area contributed by atoms with E-state index in [0.717, 1.165) is 0 Å². The number of carbonyl (C=O) groups excluding carboxylic acids is 2. The van der Waals surface area contributed by atoms with E-state index in [4.69, 9.17) is 16.3 Å². The molecule has 1 atom stereocenters. The number of sulfonamides is 1. The van der Waals surface area contributed by atoms with Gasteiger partial charge in [0, 0.05) is 31.4 Å². The summed E-state index contributed by atoms with van der Waals surface area (Å²) in [6, 6.07) is 11.1. The maximum Gasteiger partial charge on any atom is 0.243 e. The number of amides is 2. The molecule has 1 saturated heterocycles. The lowest BCUT2D eigenvalue weighted by molar-refractivity contribution is -0.121. The second-order valence-electron chi connectivity index (χ2n) is 7.48. The molecule has 0 spiro atoms. The predicted octanol–water partition coefficient (Wildman–Crippen LogP) is 3.74. The molecule has 1 aliphatic heterocycles. The molecule has 2 N–H and O–H groups in total. The number of ether oxygens (including phenoxy) is 1. The van der Waals surface area contributed by atoms with Crippen LogP contribution in [0.2, 0.25) is 5.02 Å². The van der Waals surface area contributed by atoms with Crippen LogP contribution in [0.1, 0.15) is 26.7 Å². The Morgan fingerprint density at radius 2 is 1.78 bits per heavy atom. The Labute approximate surface area is 192 Å². The lowest BCUT2D eigenvalue weighted by atomic mass is 9.98. The van der Waals surface area contributed by atoms with Crippen molar-refractivity contribution in [1.82, 2.24) is 4.31 Å². The van der Waals surface area contributed by atoms with Crippen molar-refractivity contribution in [3.8, 4) is 5.75 Å². The number of halogens is 1. The van der Waals surface area contributed by atoms with Crippen LogP contribution in [-0.2, 0) is 19.6 Å². The van der Waals surface area contributed by atoms with E-state index in [1.54, 1.807) is 24.3 Å². The summed E-state index contributed by atoms with van der Waals surface area (Å²) >= 11 is 6.17. The third-order valence-corrected chi connectivity index (χ3v) is 7.23. The van der Waals surface area contributed by atoms with Gasteiger partial charge in [-0.1, -0.05) is 11.6 Å². The zero-order valence-corrected chi connectivity index (χ0v) is 19.5. The first-order chi connectivity index (χ1) is 15.2. The molecule has 172 valence electrons. The van der Waals surface area contributed by atoms with Gasteiger partial charge in [0.25, 0.3) is 0 Å². The maximum atomic E-state index is 13.1. The Morgan fingerprint density at radius 1 is 1.12 bits per heavy atom. The van der Waals surface area contributed by atoms with Crippen molar-refractivity contribution in [3.05, 3.63) is 47.5 Å². The summed E-state index contributed by atoms with van der Waals surface area (Å²) in [6.07, 6.45) is 1.16. The molecule has 0 unspecified atom stereocenters. The van der Waals surface area contributed by atoms with Crippen LogP contribution in [0.15, 0.2) is 47.4 Å². The summed E-state index contributed by atoms with van der Waals surface area (Å²) < 4.78 is 32.9. The monoisotopic (exact) mass is 479 g/mol. The molecule has 32 heavy (non-hydrogen) atoms. The number of rotatable bonds is 7. The number of nitrogens with zero attached hydrogens (tertiary/aromatic N) is 1. The smallest absolute Gasteiger partial charge is 0.243 e. The SMILES string of the molecule is CCOc1ccc(S(=O)(=O)N2CCC[C@@H](C(=O)Nc3ccc(NC(C)=O)cc3)C2)cc1Cl. The second kappa shape index (κ2) is 10.3. The lowest BCUT2D eigenvalue weighted by Crippen LogP contribution is -2.43. The molecule has 0 aromatic heterocycles. The standard InChI is InChI=1S/C22H26ClN3O5S/c1-3-31-21-11-10-19(13-20(21)23)32(29,30)26-12-4-5-16(14-26)22(28)25-18-8-6-17(7-9-18)24-15(2)27/h6-11,13,16H,3-5,12,14H2,1-2H3,(H,24,27)(H,25,28)/t16-/m1/s1. The van der Waals surface area contributed by atoms with Crippen LogP contribution in [0.3, 0.4) is 0 Å². The molecule has 0 radical (unpaired) electrons. The molecule has 8 nitrogen and oxygen atoms in total. The van der Waals surface area contributed by atoms with Crippen LogP contribution in [0, 0.1) is 5.92 Å². The van der Waals surface area contributed by atoms with Gasteiger partial charge in [0.2, 0.25) is 21.8 Å². The van der Waals surface area contributed by atoms with E-state index >= 15 is 0 Å². The Kier molecular flexibility index (Phi) is 7.76. The van der Waals surface area contributed by atoms with Crippen LogP contribution in [0.5, 0.6) is 5.75 Å². The van der Waals surface area contributed by atoms with E-state index in [0.29, 0.717) is 43.1 Å². The number of hydrogen-bond donors (Lipinski definition) is 2. The highest BCUT2D eigenvalue weighted by molar-refractivity contribution is 7.89. The summed E-state index contributed by atoms with van der Waals surface area (Å²) in [5, 5.41) is 5.71. The molecule has 10 heteroatoms. The molecular weight excluding hydrogens is 454 g/mol. The number of anilines is 2. The van der Waals surface area contributed by atoms with E-state index in [2.05, 4.69) is 10.6 Å². The minimum absolute atomic E-state index is 0.0700. The number of carbonyl (C=O) groups is 2. The zero-order chi connectivity index (χ0) is 23.3. The van der Waals surface area contributed by atoms with Gasteiger partial charge in [-0.25, -0.2) is 8.42 Å². The van der Waals surface area contributed by atoms with Crippen molar-refractivity contribution >= 4 is 44.8 Å². The van der Waals surface area contributed by atoms with Crippen LogP contribution >= 0.6 is 11.6 Å². The van der Waals surface area contributed by atoms with Gasteiger partial charge < -0.3 is 15.4 Å². The van der Waals surface area contributed by atoms with Gasteiger partial charge >= 0.3 is 0 Å². The summed E-state index contributed by atoms with van der Waals surface area (Å²) in [5.41, 5.74) is 1.20. The molecule has 1 heterocycles. The number of nitrogens with one attached hydrogen (secondary N) is 2. The molecular formula is C22H26ClN3O5S. The quantitative estimate of drug-likeness (QED) is 0.629. The Bertz CT molecular complexity index is 1090. The lowest BCUT2D eigenvalue weighted by Gasteiger charge is -2.31. The van der Waals surface area contributed by atoms with Crippen molar-refractivity contribution in [3.63, 3.8) is 0 Å². The highest BCUT2D eigenvalue weighted by Gasteiger charge is 2.33. The van der Waals surface area contributed by atoms with Crippen molar-refractivity contribution in [2.45, 2.75) is 31.6 Å². The first-order valence-electron chi connectivity index (χ1n) is 10.3. The number of benzene rings is 2. The molecule has 2 aromatic rings. The van der Waals surface area contributed by atoms with Crippen LogP contribution in [-0.4, -0.2) is 44.2 Å². The van der Waals surface area contributed by atoms with E-state index in [-0.39, 0.29) is 28.3 Å². The van der Waals surface area contributed by atoms with Crippen LogP contribution in [0.25, 0.3) is 0 Å². The molecule has 0 bridgehead atoms. The Balaban J connectivity index is 1.68. The summed E-state index contributed by atoms with van der Waals surface area (Å²) in [4.78, 5) is 24.0. The molecule has 0 saturated carbocycles. The van der Waals surface area contributed by atoms with Crippen molar-refractivity contribution in [2.24, 2.45) is 5.92 Å². The van der Waals surface area contributed by atoms with Gasteiger partial charge in [0.05, 0.1) is 22.4 Å². The zero-order valence-electron chi connectivity index (χ0n) is 17.9. The molecule has 2 amide bonds. The third-order valence-electron chi connectivity index (χ3n) is 5.07. The number of hydrogen-bond acceptors (Lipinski definition) is 5. The van der Waals surface area contributed by atoms with Gasteiger partial charge in [-0.05, 0) is 62.2 Å². The molecule has 1 aliphatic rings. The maximum absolute atomic E-state index is 13.1. The summed E-state index contributed by atoms with van der Waals surface area (Å²) in [6.45, 7) is 4.08. The first-order valence-corrected chi connectivity index (χ1v) is 12.1. The summed E-state index contributed by atoms with van der Waals surface area (Å²) in [7, 11) is -3.80. The molecule has 3 rings (SSSR count). The van der Waals surface area contributed by atoms with E-state index in [1.807, 2.05) is 6.92 Å². The van der Waals surface area contributed by atoms with Gasteiger partial charge in [-0.3, -0.25) is 9.59 Å². The third kappa shape index (κ3) is 5.79. The molecule has 2 aromatic carbocycles. The first kappa shape index (κ1) is 24.0. The summed E-state index contributed by atoms with van der Waals surface area (Å²) in [5.74, 6) is -0.485. The number of piperidine rings is 1. The Morgan fingerprint density at radius 3 is 2.38 bits per heavy atom. The minimum Gasteiger partial charge on any atom is -0.492 e. The predicted molar refractivity (Wildman–Crippen MR) is 123 cm³/mol. The van der Waals surface area contributed by atoms with Crippen molar-refractivity contribution in [1.29, 1.82) is 0 Å². The fraction of sp³-hybridized carbons (Fsp3) is 0.364. The van der Waals surface area contributed by atoms with Gasteiger partial charge in [-0.2, -0.15) is 4.31 Å². The Hall–Kier alpha value is -2.62. The fourth-order valence-electron chi connectivity index (χ4n) is 3.52. The highest BCUT2D eigenvalue weighted by Crippen LogP contribution is 2.30. The average Bonchev–Trinajstić information content (AvgIpc) is 2.76. The molecule has 1 fully saturated rings. The van der Waals surface area contributed by atoms with Crippen molar-refractivity contribution < 1.29 is 22.7 Å². The second-order valence-corrected chi connectivity index (χ2v) is 9.82. The normalized spacial score (nSPS) is 16.9. The van der Waals surface area contributed by atoms with Gasteiger partial charge in [0.1, 0.15) is 5.75 Å².